The Bertz CT molecular complexity index is 306. The van der Waals surface area contributed by atoms with Gasteiger partial charge in [0, 0.05) is 6.20 Å². The van der Waals surface area contributed by atoms with Crippen LogP contribution in [0.2, 0.25) is 0 Å². The number of aliphatic carboxylic acids is 1. The van der Waals surface area contributed by atoms with Crippen molar-refractivity contribution in [1.82, 2.24) is 10.9 Å². The predicted molar refractivity (Wildman–Crippen MR) is 42.6 cm³/mol. The van der Waals surface area contributed by atoms with Crippen molar-refractivity contribution >= 4 is 17.6 Å². The van der Waals surface area contributed by atoms with Gasteiger partial charge >= 0.3 is 12.1 Å². The highest BCUT2D eigenvalue weighted by atomic mass is 35.5. The van der Waals surface area contributed by atoms with Gasteiger partial charge in [0.05, 0.1) is 5.03 Å². The van der Waals surface area contributed by atoms with Crippen LogP contribution in [0.1, 0.15) is 0 Å². The van der Waals surface area contributed by atoms with Gasteiger partial charge in [-0.15, -0.1) is 0 Å². The Morgan fingerprint density at radius 1 is 1.67 bits per heavy atom. The van der Waals surface area contributed by atoms with Gasteiger partial charge in [-0.2, -0.15) is 18.6 Å². The van der Waals surface area contributed by atoms with Gasteiger partial charge in [-0.05, 0) is 0 Å². The maximum absolute atomic E-state index is 11.8. The highest BCUT2D eigenvalue weighted by molar-refractivity contribution is 6.32. The van der Waals surface area contributed by atoms with E-state index in [2.05, 4.69) is 10.2 Å². The topological polar surface area (TPSA) is 70.6 Å². The molecule has 5 nitrogen and oxygen atoms in total. The van der Waals surface area contributed by atoms with Gasteiger partial charge in [-0.3, -0.25) is 0 Å². The number of alkyl halides is 3. The summed E-state index contributed by atoms with van der Waals surface area (Å²) in [6, 6.07) is 0. The quantitative estimate of drug-likeness (QED) is 0.678. The fourth-order valence-electron chi connectivity index (χ4n) is 0.875. The van der Waals surface area contributed by atoms with Gasteiger partial charge in [0.1, 0.15) is 6.61 Å². The number of nitrogens with one attached hydrogen (secondary N) is 2. The number of hydrogen-bond acceptors (Lipinski definition) is 4. The minimum Gasteiger partial charge on any atom is -0.478 e. The molecule has 9 heteroatoms. The Morgan fingerprint density at radius 2 is 2.27 bits per heavy atom. The first-order valence-corrected chi connectivity index (χ1v) is 3.99. The summed E-state index contributed by atoms with van der Waals surface area (Å²) in [6.45, 7) is -1.72. The van der Waals surface area contributed by atoms with Crippen LogP contribution in [0.15, 0.2) is 11.2 Å². The molecule has 0 aliphatic carbocycles. The molecule has 0 aromatic heterocycles. The van der Waals surface area contributed by atoms with Crippen molar-refractivity contribution in [2.75, 3.05) is 6.61 Å². The van der Waals surface area contributed by atoms with E-state index in [0.29, 0.717) is 0 Å². The number of ether oxygens (including phenoxy) is 1. The number of hydrogen-bond donors (Lipinski definition) is 3. The Hall–Kier alpha value is -0.990. The summed E-state index contributed by atoms with van der Waals surface area (Å²) in [6.07, 6.45) is -3.64. The Kier molecular flexibility index (Phi) is 3.12. The molecule has 0 spiro atoms. The van der Waals surface area contributed by atoms with Crippen molar-refractivity contribution in [2.24, 2.45) is 0 Å². The lowest BCUT2D eigenvalue weighted by atomic mass is 10.2. The lowest BCUT2D eigenvalue weighted by molar-refractivity contribution is -0.210. The summed E-state index contributed by atoms with van der Waals surface area (Å²) in [4.78, 5) is 10.7. The molecule has 15 heavy (non-hydrogen) atoms. The Balaban J connectivity index is 2.77. The van der Waals surface area contributed by atoms with Crippen molar-refractivity contribution in [3.63, 3.8) is 0 Å². The summed E-state index contributed by atoms with van der Waals surface area (Å²) in [5, 5.41) is 8.29. The summed E-state index contributed by atoms with van der Waals surface area (Å²) in [5.74, 6) is -1.67. The number of carbonyl (C=O) groups is 1. The molecule has 1 atom stereocenters. The third-order valence-corrected chi connectivity index (χ3v) is 1.91. The lowest BCUT2D eigenvalue weighted by Crippen LogP contribution is -2.55. The number of carboxylic acids is 1. The molecular formula is C6H6ClF3N2O3. The van der Waals surface area contributed by atoms with Crippen LogP contribution in [0.5, 0.6) is 0 Å². The van der Waals surface area contributed by atoms with E-state index in [0.717, 1.165) is 6.20 Å². The van der Waals surface area contributed by atoms with Crippen LogP contribution in [0.4, 0.5) is 13.2 Å². The third kappa shape index (κ3) is 2.52. The van der Waals surface area contributed by atoms with Crippen LogP contribution in [0, 0.1) is 0 Å². The summed E-state index contributed by atoms with van der Waals surface area (Å²) in [7, 11) is 0. The van der Waals surface area contributed by atoms with Crippen LogP contribution in [0.25, 0.3) is 0 Å². The van der Waals surface area contributed by atoms with Crippen LogP contribution in [0.3, 0.4) is 0 Å². The van der Waals surface area contributed by atoms with E-state index in [1.807, 2.05) is 5.43 Å². The second kappa shape index (κ2) is 3.87. The first-order valence-electron chi connectivity index (χ1n) is 3.61. The zero-order valence-corrected chi connectivity index (χ0v) is 7.82. The lowest BCUT2D eigenvalue weighted by Gasteiger charge is -2.25. The van der Waals surface area contributed by atoms with Gasteiger partial charge in [0.25, 0.3) is 5.72 Å². The monoisotopic (exact) mass is 246 g/mol. The van der Waals surface area contributed by atoms with Crippen LogP contribution < -0.4 is 10.9 Å². The van der Waals surface area contributed by atoms with E-state index < -0.39 is 29.5 Å². The van der Waals surface area contributed by atoms with Crippen molar-refractivity contribution < 1.29 is 27.8 Å². The minimum atomic E-state index is -4.64. The molecule has 0 aromatic carbocycles. The van der Waals surface area contributed by atoms with Gasteiger partial charge in [0.15, 0.2) is 0 Å². The fourth-order valence-corrected chi connectivity index (χ4v) is 1.11. The highest BCUT2D eigenvalue weighted by Crippen LogP contribution is 2.28. The molecule has 1 unspecified atom stereocenters. The SMILES string of the molecule is O=C(O)C1(OCC(F)(F)F)NNC=C1Cl. The molecule has 3 N–H and O–H groups in total. The highest BCUT2D eigenvalue weighted by Gasteiger charge is 2.48. The molecule has 0 radical (unpaired) electrons. The van der Waals surface area contributed by atoms with Crippen molar-refractivity contribution in [3.8, 4) is 0 Å². The summed E-state index contributed by atoms with van der Waals surface area (Å²) >= 11 is 5.42. The smallest absolute Gasteiger partial charge is 0.411 e. The average molecular weight is 247 g/mol. The standard InChI is InChI=1S/C6H6ClF3N2O3/c7-3-1-11-12-6(3,4(13)14)15-2-5(8,9)10/h1,11-12H,2H2,(H,13,14). The molecule has 0 saturated carbocycles. The van der Waals surface area contributed by atoms with Gasteiger partial charge < -0.3 is 15.3 Å². The molecule has 0 amide bonds. The molecule has 86 valence electrons. The normalized spacial score (nSPS) is 26.0. The Labute approximate surface area is 86.8 Å². The van der Waals surface area contributed by atoms with Gasteiger partial charge in [-0.25, -0.2) is 4.79 Å². The fraction of sp³-hybridized carbons (Fsp3) is 0.500. The van der Waals surface area contributed by atoms with E-state index in [1.165, 1.54) is 0 Å². The predicted octanol–water partition coefficient (Wildman–Crippen LogP) is 0.534. The second-order valence-electron chi connectivity index (χ2n) is 2.65. The minimum absolute atomic E-state index is 0.417. The maximum atomic E-state index is 11.8. The number of hydrazine groups is 1. The first-order chi connectivity index (χ1) is 6.78. The molecular weight excluding hydrogens is 241 g/mol. The number of carboxylic acid groups (broad SMARTS) is 1. The van der Waals surface area contributed by atoms with E-state index in [-0.39, 0.29) is 0 Å². The zero-order valence-electron chi connectivity index (χ0n) is 7.06. The number of halogens is 4. The summed E-state index contributed by atoms with van der Waals surface area (Å²) < 4.78 is 39.8. The molecule has 1 aliphatic heterocycles. The van der Waals surface area contributed by atoms with Crippen molar-refractivity contribution in [2.45, 2.75) is 11.9 Å². The van der Waals surface area contributed by atoms with Crippen LogP contribution in [-0.4, -0.2) is 29.6 Å². The largest absolute Gasteiger partial charge is 0.478 e. The van der Waals surface area contributed by atoms with Crippen molar-refractivity contribution in [1.29, 1.82) is 0 Å². The molecule has 0 bridgehead atoms. The third-order valence-electron chi connectivity index (χ3n) is 1.54. The summed E-state index contributed by atoms with van der Waals surface area (Å²) in [5.41, 5.74) is 1.78. The van der Waals surface area contributed by atoms with E-state index in [1.54, 1.807) is 0 Å². The van der Waals surface area contributed by atoms with Crippen LogP contribution >= 0.6 is 11.6 Å². The van der Waals surface area contributed by atoms with Crippen molar-refractivity contribution in [3.05, 3.63) is 11.2 Å². The average Bonchev–Trinajstić information content (AvgIpc) is 2.43. The zero-order chi connectivity index (χ0) is 11.7. The van der Waals surface area contributed by atoms with Gasteiger partial charge in [-0.1, -0.05) is 11.6 Å². The van der Waals surface area contributed by atoms with Gasteiger partial charge in [0.2, 0.25) is 0 Å². The first kappa shape index (κ1) is 12.1. The Morgan fingerprint density at radius 3 is 2.60 bits per heavy atom. The van der Waals surface area contributed by atoms with E-state index >= 15 is 0 Å². The van der Waals surface area contributed by atoms with E-state index in [9.17, 15) is 18.0 Å². The second-order valence-corrected chi connectivity index (χ2v) is 3.06. The number of rotatable bonds is 3. The molecule has 1 aliphatic rings. The molecule has 1 rings (SSSR count). The van der Waals surface area contributed by atoms with Crippen LogP contribution in [-0.2, 0) is 9.53 Å². The molecule has 0 aromatic rings. The maximum Gasteiger partial charge on any atom is 0.411 e. The molecule has 0 saturated heterocycles. The molecule has 1 heterocycles. The molecule has 0 fully saturated rings. The van der Waals surface area contributed by atoms with E-state index in [4.69, 9.17) is 16.7 Å².